The number of cyclic esters (lactones) is 1. The molecule has 1 aromatic rings. The summed E-state index contributed by atoms with van der Waals surface area (Å²) in [6.07, 6.45) is 3.30. The summed E-state index contributed by atoms with van der Waals surface area (Å²) in [5.74, 6) is -2.36. The Morgan fingerprint density at radius 1 is 1.24 bits per heavy atom. The first-order chi connectivity index (χ1) is 17.7. The fourth-order valence-corrected chi connectivity index (χ4v) is 6.44. The second-order valence-corrected chi connectivity index (χ2v) is 13.4. The minimum absolute atomic E-state index is 0.0551. The van der Waals surface area contributed by atoms with Gasteiger partial charge in [-0.15, -0.1) is 11.3 Å². The van der Waals surface area contributed by atoms with Gasteiger partial charge in [-0.25, -0.2) is 4.98 Å². The quantitative estimate of drug-likeness (QED) is 0.377. The highest BCUT2D eigenvalue weighted by Gasteiger charge is 2.53. The van der Waals surface area contributed by atoms with Gasteiger partial charge in [-0.3, -0.25) is 9.59 Å². The van der Waals surface area contributed by atoms with Crippen LogP contribution < -0.4 is 0 Å². The second-order valence-electron chi connectivity index (χ2n) is 12.3. The zero-order chi connectivity index (χ0) is 28.4. The van der Waals surface area contributed by atoms with E-state index < -0.39 is 41.5 Å². The summed E-state index contributed by atoms with van der Waals surface area (Å²) in [5.41, 5.74) is 0.154. The molecule has 0 spiro atoms. The van der Waals surface area contributed by atoms with Crippen LogP contribution in [0.15, 0.2) is 11.0 Å². The minimum atomic E-state index is -1.24. The van der Waals surface area contributed by atoms with Crippen LogP contribution in [0.25, 0.3) is 6.08 Å². The third-order valence-corrected chi connectivity index (χ3v) is 9.53. The standard InChI is InChI=1S/C30H47NO6S/c1-9-11-22-27(34)29(6,7)26(33)19(4)25(32)17(2)12-10-13-30(8)24(37-30)15-23(36-28(22)35)18(3)14-21-16-38-20(5)31-21/h14,16-17,19,22-25,27,32,34H,9-13,15H2,1-8H3/b18-14+/t17-,19+,22?,23?,24-,25-,27?,30+/m0/s1. The Balaban J connectivity index is 1.96. The molecular formula is C30H47NO6S. The van der Waals surface area contributed by atoms with Crippen molar-refractivity contribution in [2.75, 3.05) is 0 Å². The Bertz CT molecular complexity index is 1020. The maximum atomic E-state index is 13.6. The van der Waals surface area contributed by atoms with Crippen LogP contribution >= 0.6 is 11.3 Å². The van der Waals surface area contributed by atoms with E-state index in [-0.39, 0.29) is 23.4 Å². The number of aliphatic hydroxyl groups excluding tert-OH is 2. The zero-order valence-electron chi connectivity index (χ0n) is 24.3. The Hall–Kier alpha value is -1.61. The SMILES string of the molecule is CCCC1C(=O)OC(/C(C)=C/c2csc(C)n2)C[C@@H]2O[C@]2(C)CCC[C@H](C)[C@H](O)[C@@H](C)C(=O)C(C)(C)C1O. The van der Waals surface area contributed by atoms with Crippen molar-refractivity contribution in [2.24, 2.45) is 23.2 Å². The van der Waals surface area contributed by atoms with Gasteiger partial charge >= 0.3 is 5.97 Å². The lowest BCUT2D eigenvalue weighted by Gasteiger charge is -2.37. The van der Waals surface area contributed by atoms with Crippen LogP contribution in [-0.2, 0) is 19.1 Å². The molecule has 0 saturated carbocycles. The predicted octanol–water partition coefficient (Wildman–Crippen LogP) is 5.50. The Kier molecular flexibility index (Phi) is 9.99. The van der Waals surface area contributed by atoms with Crippen molar-refractivity contribution >= 4 is 29.2 Å². The second kappa shape index (κ2) is 12.3. The van der Waals surface area contributed by atoms with Gasteiger partial charge in [0.15, 0.2) is 0 Å². The van der Waals surface area contributed by atoms with Crippen molar-refractivity contribution in [3.8, 4) is 0 Å². The molecular weight excluding hydrogens is 502 g/mol. The summed E-state index contributed by atoms with van der Waals surface area (Å²) < 4.78 is 12.3. The van der Waals surface area contributed by atoms with Gasteiger partial charge in [0, 0.05) is 17.7 Å². The van der Waals surface area contributed by atoms with E-state index in [2.05, 4.69) is 11.9 Å². The molecule has 0 amide bonds. The maximum Gasteiger partial charge on any atom is 0.312 e. The molecule has 2 fully saturated rings. The summed E-state index contributed by atoms with van der Waals surface area (Å²) in [6, 6.07) is 0. The van der Waals surface area contributed by atoms with Crippen LogP contribution in [0.5, 0.6) is 0 Å². The van der Waals surface area contributed by atoms with E-state index in [4.69, 9.17) is 9.47 Å². The number of ether oxygens (including phenoxy) is 2. The van der Waals surface area contributed by atoms with Gasteiger partial charge in [0.1, 0.15) is 11.9 Å². The molecule has 0 radical (unpaired) electrons. The molecule has 1 aromatic heterocycles. The maximum absolute atomic E-state index is 13.6. The molecule has 3 heterocycles. The fraction of sp³-hybridized carbons (Fsp3) is 0.767. The van der Waals surface area contributed by atoms with E-state index in [0.717, 1.165) is 35.5 Å². The summed E-state index contributed by atoms with van der Waals surface area (Å²) in [4.78, 5) is 31.7. The van der Waals surface area contributed by atoms with Gasteiger partial charge in [-0.2, -0.15) is 0 Å². The average Bonchev–Trinajstić information content (AvgIpc) is 3.30. The molecule has 2 saturated heterocycles. The number of rotatable bonds is 4. The Morgan fingerprint density at radius 2 is 1.92 bits per heavy atom. The number of thiazole rings is 1. The summed E-state index contributed by atoms with van der Waals surface area (Å²) >= 11 is 1.57. The average molecular weight is 550 g/mol. The van der Waals surface area contributed by atoms with Gasteiger partial charge in [0.2, 0.25) is 0 Å². The smallest absolute Gasteiger partial charge is 0.312 e. The van der Waals surface area contributed by atoms with Crippen LogP contribution in [0.2, 0.25) is 0 Å². The highest BCUT2D eigenvalue weighted by atomic mass is 32.1. The third kappa shape index (κ3) is 6.93. The molecule has 0 bridgehead atoms. The number of carbonyl (C=O) groups is 2. The number of aryl methyl sites for hydroxylation is 1. The van der Waals surface area contributed by atoms with Crippen LogP contribution in [0, 0.1) is 30.1 Å². The first-order valence-electron chi connectivity index (χ1n) is 14.1. The number of ketones is 1. The van der Waals surface area contributed by atoms with Gasteiger partial charge in [0.25, 0.3) is 0 Å². The van der Waals surface area contributed by atoms with Crippen molar-refractivity contribution in [2.45, 2.75) is 124 Å². The minimum Gasteiger partial charge on any atom is -0.457 e. The number of hydrogen-bond acceptors (Lipinski definition) is 8. The largest absolute Gasteiger partial charge is 0.457 e. The normalized spacial score (nSPS) is 37.4. The lowest BCUT2D eigenvalue weighted by molar-refractivity contribution is -0.163. The zero-order valence-corrected chi connectivity index (χ0v) is 25.1. The van der Waals surface area contributed by atoms with E-state index >= 15 is 0 Å². The lowest BCUT2D eigenvalue weighted by atomic mass is 9.70. The predicted molar refractivity (Wildman–Crippen MR) is 150 cm³/mol. The summed E-state index contributed by atoms with van der Waals surface area (Å²) in [6.45, 7) is 15.0. The van der Waals surface area contributed by atoms with Gasteiger partial charge in [0.05, 0.1) is 45.9 Å². The number of epoxide rings is 1. The number of aromatic nitrogens is 1. The number of carbonyl (C=O) groups excluding carboxylic acids is 2. The number of Topliss-reactive ketones (excluding diaryl/α,β-unsaturated/α-hetero) is 1. The molecule has 7 nitrogen and oxygen atoms in total. The van der Waals surface area contributed by atoms with E-state index in [1.54, 1.807) is 32.1 Å². The number of hydrogen-bond donors (Lipinski definition) is 2. The molecule has 8 heteroatoms. The molecule has 2 aliphatic heterocycles. The molecule has 38 heavy (non-hydrogen) atoms. The molecule has 0 aliphatic carbocycles. The van der Waals surface area contributed by atoms with Crippen LogP contribution in [-0.4, -0.2) is 57.0 Å². The number of fused-ring (bicyclic) bond motifs is 1. The molecule has 3 rings (SSSR count). The molecule has 2 aliphatic rings. The summed E-state index contributed by atoms with van der Waals surface area (Å²) in [7, 11) is 0. The molecule has 2 N–H and O–H groups in total. The monoisotopic (exact) mass is 549 g/mol. The van der Waals surface area contributed by atoms with Gasteiger partial charge < -0.3 is 19.7 Å². The van der Waals surface area contributed by atoms with Crippen LogP contribution in [0.1, 0.15) is 97.7 Å². The number of nitrogens with zero attached hydrogens (tertiary/aromatic N) is 1. The molecule has 214 valence electrons. The summed E-state index contributed by atoms with van der Waals surface area (Å²) in [5, 5.41) is 25.4. The van der Waals surface area contributed by atoms with Crippen molar-refractivity contribution in [1.29, 1.82) is 0 Å². The van der Waals surface area contributed by atoms with Crippen molar-refractivity contribution in [3.05, 3.63) is 21.7 Å². The van der Waals surface area contributed by atoms with E-state index in [9.17, 15) is 19.8 Å². The van der Waals surface area contributed by atoms with Crippen molar-refractivity contribution in [1.82, 2.24) is 4.98 Å². The topological polar surface area (TPSA) is 109 Å². The molecule has 8 atom stereocenters. The van der Waals surface area contributed by atoms with E-state index in [1.165, 1.54) is 0 Å². The highest BCUT2D eigenvalue weighted by Crippen LogP contribution is 2.45. The fourth-order valence-electron chi connectivity index (χ4n) is 5.87. The third-order valence-electron chi connectivity index (χ3n) is 8.74. The molecule has 0 aromatic carbocycles. The highest BCUT2D eigenvalue weighted by molar-refractivity contribution is 7.09. The number of esters is 1. The van der Waals surface area contributed by atoms with Crippen LogP contribution in [0.4, 0.5) is 0 Å². The van der Waals surface area contributed by atoms with Crippen molar-refractivity contribution in [3.63, 3.8) is 0 Å². The van der Waals surface area contributed by atoms with Gasteiger partial charge in [-0.1, -0.05) is 47.5 Å². The van der Waals surface area contributed by atoms with Gasteiger partial charge in [-0.05, 0) is 57.6 Å². The lowest BCUT2D eigenvalue weighted by Crippen LogP contribution is -2.49. The Morgan fingerprint density at radius 3 is 2.53 bits per heavy atom. The Labute approximate surface area is 232 Å². The van der Waals surface area contributed by atoms with E-state index in [0.29, 0.717) is 19.3 Å². The van der Waals surface area contributed by atoms with Crippen LogP contribution in [0.3, 0.4) is 0 Å². The first kappa shape index (κ1) is 30.9. The first-order valence-corrected chi connectivity index (χ1v) is 15.0. The van der Waals surface area contributed by atoms with E-state index in [1.807, 2.05) is 39.2 Å². The van der Waals surface area contributed by atoms with Crippen molar-refractivity contribution < 1.29 is 29.3 Å². The molecule has 3 unspecified atom stereocenters. The number of aliphatic hydroxyl groups is 2.